The third kappa shape index (κ3) is 3.76. The average molecular weight is 406 g/mol. The van der Waals surface area contributed by atoms with Crippen molar-refractivity contribution in [2.75, 3.05) is 7.11 Å². The molecule has 25 heavy (non-hydrogen) atoms. The lowest BCUT2D eigenvalue weighted by Gasteiger charge is -2.16. The van der Waals surface area contributed by atoms with E-state index in [4.69, 9.17) is 4.74 Å². The summed E-state index contributed by atoms with van der Waals surface area (Å²) in [5, 5.41) is 7.41. The number of halogens is 1. The summed E-state index contributed by atoms with van der Waals surface area (Å²) in [4.78, 5) is 23.5. The van der Waals surface area contributed by atoms with Gasteiger partial charge in [-0.2, -0.15) is 5.10 Å². The Labute approximate surface area is 154 Å². The Kier molecular flexibility index (Phi) is 5.22. The van der Waals surface area contributed by atoms with E-state index in [0.717, 1.165) is 35.1 Å². The largest absolute Gasteiger partial charge is 0.465 e. The first kappa shape index (κ1) is 17.7. The molecule has 1 aromatic heterocycles. The van der Waals surface area contributed by atoms with Crippen LogP contribution in [0.15, 0.2) is 34.9 Å². The van der Waals surface area contributed by atoms with Gasteiger partial charge in [-0.05, 0) is 37.5 Å². The Bertz CT molecular complexity index is 803. The molecule has 3 rings (SSSR count). The standard InChI is InChI=1S/C18H20BrN3O3/c1-11(23)21-14-7-6-12(8-14)17-16(18(24)25-2)10-20-22(17)15-5-3-4-13(19)9-15/h3-5,9-10,12,14H,6-8H2,1-2H3,(H,21,23)/t12-,14+/m0/s1. The van der Waals surface area contributed by atoms with Crippen molar-refractivity contribution >= 4 is 27.8 Å². The molecule has 0 unspecified atom stereocenters. The minimum absolute atomic E-state index is 0.0284. The number of aromatic nitrogens is 2. The molecule has 1 amide bonds. The van der Waals surface area contributed by atoms with Gasteiger partial charge in [0, 0.05) is 23.4 Å². The van der Waals surface area contributed by atoms with Gasteiger partial charge in [-0.15, -0.1) is 0 Å². The summed E-state index contributed by atoms with van der Waals surface area (Å²) in [5.41, 5.74) is 2.20. The summed E-state index contributed by atoms with van der Waals surface area (Å²) in [7, 11) is 1.37. The van der Waals surface area contributed by atoms with Gasteiger partial charge in [-0.3, -0.25) is 4.79 Å². The zero-order chi connectivity index (χ0) is 18.0. The lowest BCUT2D eigenvalue weighted by Crippen LogP contribution is -2.30. The third-order valence-corrected chi connectivity index (χ3v) is 4.98. The molecule has 0 bridgehead atoms. The monoisotopic (exact) mass is 405 g/mol. The van der Waals surface area contributed by atoms with E-state index in [-0.39, 0.29) is 23.8 Å². The number of benzene rings is 1. The Balaban J connectivity index is 1.99. The molecule has 7 heteroatoms. The minimum Gasteiger partial charge on any atom is -0.465 e. The summed E-state index contributed by atoms with van der Waals surface area (Å²) >= 11 is 3.47. The fourth-order valence-corrected chi connectivity index (χ4v) is 3.87. The van der Waals surface area contributed by atoms with E-state index in [0.29, 0.717) is 5.56 Å². The summed E-state index contributed by atoms with van der Waals surface area (Å²) in [5.74, 6) is -0.286. The summed E-state index contributed by atoms with van der Waals surface area (Å²) in [6.07, 6.45) is 4.11. The van der Waals surface area contributed by atoms with Crippen molar-refractivity contribution in [1.82, 2.24) is 15.1 Å². The number of nitrogens with one attached hydrogen (secondary N) is 1. The predicted octanol–water partition coefficient (Wildman–Crippen LogP) is 3.19. The Morgan fingerprint density at radius 2 is 2.16 bits per heavy atom. The quantitative estimate of drug-likeness (QED) is 0.792. The number of methoxy groups -OCH3 is 1. The van der Waals surface area contributed by atoms with Gasteiger partial charge in [0.05, 0.1) is 24.7 Å². The highest BCUT2D eigenvalue weighted by atomic mass is 79.9. The number of rotatable bonds is 4. The number of nitrogens with zero attached hydrogens (tertiary/aromatic N) is 2. The van der Waals surface area contributed by atoms with Crippen LogP contribution < -0.4 is 5.32 Å². The van der Waals surface area contributed by atoms with Crippen LogP contribution in [0, 0.1) is 0 Å². The zero-order valence-corrected chi connectivity index (χ0v) is 15.7. The Morgan fingerprint density at radius 3 is 2.84 bits per heavy atom. The second kappa shape index (κ2) is 7.39. The van der Waals surface area contributed by atoms with Gasteiger partial charge in [0.2, 0.25) is 5.91 Å². The van der Waals surface area contributed by atoms with Crippen molar-refractivity contribution < 1.29 is 14.3 Å². The second-order valence-electron chi connectivity index (χ2n) is 6.23. The molecule has 6 nitrogen and oxygen atoms in total. The van der Waals surface area contributed by atoms with Gasteiger partial charge in [-0.25, -0.2) is 9.48 Å². The molecule has 2 atom stereocenters. The highest BCUT2D eigenvalue weighted by Crippen LogP contribution is 2.37. The second-order valence-corrected chi connectivity index (χ2v) is 7.15. The maximum atomic E-state index is 12.2. The van der Waals surface area contributed by atoms with E-state index < -0.39 is 0 Å². The highest BCUT2D eigenvalue weighted by molar-refractivity contribution is 9.10. The SMILES string of the molecule is COC(=O)c1cnn(-c2cccc(Br)c2)c1[C@H]1CC[C@@H](NC(C)=O)C1. The molecule has 0 spiro atoms. The number of hydrogen-bond acceptors (Lipinski definition) is 4. The first-order valence-corrected chi connectivity index (χ1v) is 8.98. The molecule has 1 aromatic carbocycles. The van der Waals surface area contributed by atoms with Crippen LogP contribution in [-0.4, -0.2) is 34.8 Å². The number of amides is 1. The molecule has 132 valence electrons. The van der Waals surface area contributed by atoms with Crippen LogP contribution in [0.1, 0.15) is 48.2 Å². The van der Waals surface area contributed by atoms with Crippen LogP contribution in [0.2, 0.25) is 0 Å². The molecule has 1 fully saturated rings. The molecule has 2 aromatic rings. The van der Waals surface area contributed by atoms with Gasteiger partial charge in [0.25, 0.3) is 0 Å². The third-order valence-electron chi connectivity index (χ3n) is 4.49. The molecule has 0 radical (unpaired) electrons. The zero-order valence-electron chi connectivity index (χ0n) is 14.2. The normalized spacial score (nSPS) is 19.6. The average Bonchev–Trinajstić information content (AvgIpc) is 3.20. The van der Waals surface area contributed by atoms with Gasteiger partial charge >= 0.3 is 5.97 Å². The maximum Gasteiger partial charge on any atom is 0.341 e. The van der Waals surface area contributed by atoms with E-state index >= 15 is 0 Å². The van der Waals surface area contributed by atoms with Gasteiger partial charge in [0.1, 0.15) is 5.56 Å². The fourth-order valence-electron chi connectivity index (χ4n) is 3.48. The van der Waals surface area contributed by atoms with Crippen molar-refractivity contribution in [3.63, 3.8) is 0 Å². The number of hydrogen-bond donors (Lipinski definition) is 1. The first-order valence-electron chi connectivity index (χ1n) is 8.19. The molecule has 1 N–H and O–H groups in total. The van der Waals surface area contributed by atoms with Crippen LogP contribution in [0.3, 0.4) is 0 Å². The smallest absolute Gasteiger partial charge is 0.341 e. The van der Waals surface area contributed by atoms with E-state index in [1.54, 1.807) is 10.9 Å². The summed E-state index contributed by atoms with van der Waals surface area (Å²) < 4.78 is 7.67. The molecular weight excluding hydrogens is 386 g/mol. The van der Waals surface area contributed by atoms with E-state index in [1.807, 2.05) is 24.3 Å². The molecule has 1 saturated carbocycles. The molecular formula is C18H20BrN3O3. The van der Waals surface area contributed by atoms with Crippen LogP contribution in [-0.2, 0) is 9.53 Å². The first-order chi connectivity index (χ1) is 12.0. The number of carbonyl (C=O) groups excluding carboxylic acids is 2. The van der Waals surface area contributed by atoms with Crippen molar-refractivity contribution in [1.29, 1.82) is 0 Å². The van der Waals surface area contributed by atoms with Crippen molar-refractivity contribution in [2.24, 2.45) is 0 Å². The molecule has 0 aliphatic heterocycles. The fraction of sp³-hybridized carbons (Fsp3) is 0.389. The number of esters is 1. The Morgan fingerprint density at radius 1 is 1.36 bits per heavy atom. The predicted molar refractivity (Wildman–Crippen MR) is 96.8 cm³/mol. The van der Waals surface area contributed by atoms with Gasteiger partial charge < -0.3 is 10.1 Å². The van der Waals surface area contributed by atoms with E-state index in [9.17, 15) is 9.59 Å². The van der Waals surface area contributed by atoms with E-state index in [1.165, 1.54) is 14.0 Å². The lowest BCUT2D eigenvalue weighted by molar-refractivity contribution is -0.119. The molecule has 1 aliphatic rings. The van der Waals surface area contributed by atoms with Crippen LogP contribution in [0.25, 0.3) is 5.69 Å². The van der Waals surface area contributed by atoms with E-state index in [2.05, 4.69) is 26.3 Å². The number of ether oxygens (including phenoxy) is 1. The topological polar surface area (TPSA) is 73.2 Å². The van der Waals surface area contributed by atoms with Crippen molar-refractivity contribution in [2.45, 2.75) is 38.1 Å². The molecule has 1 heterocycles. The lowest BCUT2D eigenvalue weighted by atomic mass is 9.99. The highest BCUT2D eigenvalue weighted by Gasteiger charge is 2.33. The van der Waals surface area contributed by atoms with Crippen molar-refractivity contribution in [3.8, 4) is 5.69 Å². The Hall–Kier alpha value is -2.15. The minimum atomic E-state index is -0.390. The van der Waals surface area contributed by atoms with Crippen molar-refractivity contribution in [3.05, 3.63) is 46.2 Å². The molecule has 1 aliphatic carbocycles. The molecule has 0 saturated heterocycles. The van der Waals surface area contributed by atoms with Gasteiger partial charge in [0.15, 0.2) is 0 Å². The number of carbonyl (C=O) groups is 2. The van der Waals surface area contributed by atoms with Gasteiger partial charge in [-0.1, -0.05) is 22.0 Å². The maximum absolute atomic E-state index is 12.2. The van der Waals surface area contributed by atoms with Crippen LogP contribution in [0.4, 0.5) is 0 Å². The summed E-state index contributed by atoms with van der Waals surface area (Å²) in [6, 6.07) is 7.90. The summed E-state index contributed by atoms with van der Waals surface area (Å²) in [6.45, 7) is 1.53. The van der Waals surface area contributed by atoms with Crippen LogP contribution in [0.5, 0.6) is 0 Å². The van der Waals surface area contributed by atoms with Crippen LogP contribution >= 0.6 is 15.9 Å².